The van der Waals surface area contributed by atoms with Crippen molar-refractivity contribution in [2.45, 2.75) is 51.9 Å². The molecule has 0 fully saturated rings. The lowest BCUT2D eigenvalue weighted by Gasteiger charge is -2.25. The van der Waals surface area contributed by atoms with Crippen LogP contribution in [0.1, 0.15) is 52.4 Å². The Morgan fingerprint density at radius 2 is 1.48 bits per heavy atom. The lowest BCUT2D eigenvalue weighted by atomic mass is 9.85. The van der Waals surface area contributed by atoms with Crippen molar-refractivity contribution >= 4 is 11.6 Å². The molecule has 2 rings (SSSR count). The Morgan fingerprint density at radius 3 is 2.07 bits per heavy atom. The van der Waals surface area contributed by atoms with Crippen molar-refractivity contribution in [2.24, 2.45) is 0 Å². The number of aromatic nitrogens is 2. The van der Waals surface area contributed by atoms with Crippen LogP contribution in [0.5, 0.6) is 17.5 Å². The molecule has 0 bridgehead atoms. The monoisotopic (exact) mass is 392 g/mol. The van der Waals surface area contributed by atoms with Crippen molar-refractivity contribution in [3.05, 3.63) is 40.7 Å². The van der Waals surface area contributed by atoms with Gasteiger partial charge >= 0.3 is 0 Å². The van der Waals surface area contributed by atoms with E-state index in [4.69, 9.17) is 25.8 Å². The zero-order valence-electron chi connectivity index (χ0n) is 17.2. The Labute approximate surface area is 167 Å². The molecule has 0 saturated carbocycles. The number of hydrogen-bond donors (Lipinski definition) is 0. The minimum atomic E-state index is -0.216. The van der Waals surface area contributed by atoms with Crippen LogP contribution in [0.3, 0.4) is 0 Å². The van der Waals surface area contributed by atoms with E-state index in [0.29, 0.717) is 29.1 Å². The van der Waals surface area contributed by atoms with E-state index < -0.39 is 0 Å². The molecule has 5 nitrogen and oxygen atoms in total. The van der Waals surface area contributed by atoms with Crippen molar-refractivity contribution in [1.82, 2.24) is 9.97 Å². The van der Waals surface area contributed by atoms with Gasteiger partial charge in [0.05, 0.1) is 32.2 Å². The van der Waals surface area contributed by atoms with Crippen LogP contribution in [-0.4, -0.2) is 30.8 Å². The van der Waals surface area contributed by atoms with Crippen molar-refractivity contribution in [3.8, 4) is 17.5 Å². The molecule has 0 N–H and O–H groups in total. The first-order chi connectivity index (χ1) is 12.6. The molecule has 0 amide bonds. The first kappa shape index (κ1) is 21.3. The summed E-state index contributed by atoms with van der Waals surface area (Å²) < 4.78 is 16.6. The molecular formula is C21H29ClN2O3. The summed E-state index contributed by atoms with van der Waals surface area (Å²) in [4.78, 5) is 9.16. The van der Waals surface area contributed by atoms with Gasteiger partial charge in [-0.1, -0.05) is 46.2 Å². The van der Waals surface area contributed by atoms with Crippen LogP contribution in [0.4, 0.5) is 0 Å². The number of methoxy groups -OCH3 is 2. The maximum Gasteiger partial charge on any atom is 0.257 e. The largest absolute Gasteiger partial charge is 0.491 e. The van der Waals surface area contributed by atoms with Crippen molar-refractivity contribution in [3.63, 3.8) is 0 Å². The molecule has 27 heavy (non-hydrogen) atoms. The zero-order valence-corrected chi connectivity index (χ0v) is 18.0. The summed E-state index contributed by atoms with van der Waals surface area (Å²) in [7, 11) is 3.18. The second kappa shape index (κ2) is 8.34. The lowest BCUT2D eigenvalue weighted by Crippen LogP contribution is -2.23. The highest BCUT2D eigenvalue weighted by Crippen LogP contribution is 2.32. The van der Waals surface area contributed by atoms with Crippen LogP contribution < -0.4 is 14.2 Å². The minimum absolute atomic E-state index is 0.0621. The smallest absolute Gasteiger partial charge is 0.257 e. The second-order valence-corrected chi connectivity index (χ2v) is 8.53. The number of pyridine rings is 2. The van der Waals surface area contributed by atoms with Gasteiger partial charge in [-0.05, 0) is 30.7 Å². The van der Waals surface area contributed by atoms with E-state index in [-0.39, 0.29) is 10.8 Å². The van der Waals surface area contributed by atoms with Crippen LogP contribution in [0, 0.1) is 0 Å². The fraction of sp³-hybridized carbons (Fsp3) is 0.524. The average molecular weight is 393 g/mol. The molecule has 0 aliphatic rings. The fourth-order valence-electron chi connectivity index (χ4n) is 2.58. The Hall–Kier alpha value is -2.01. The van der Waals surface area contributed by atoms with Gasteiger partial charge in [-0.2, -0.15) is 0 Å². The lowest BCUT2D eigenvalue weighted by molar-refractivity contribution is 0.246. The van der Waals surface area contributed by atoms with Gasteiger partial charge in [0.2, 0.25) is 5.88 Å². The third-order valence-corrected chi connectivity index (χ3v) is 4.77. The number of nitrogens with zero attached hydrogens (tertiary/aromatic N) is 2. The summed E-state index contributed by atoms with van der Waals surface area (Å²) in [5.74, 6) is 1.58. The molecular weight excluding hydrogens is 364 g/mol. The minimum Gasteiger partial charge on any atom is -0.491 e. The first-order valence-electron chi connectivity index (χ1n) is 8.98. The molecule has 2 aromatic heterocycles. The van der Waals surface area contributed by atoms with Crippen molar-refractivity contribution in [2.75, 3.05) is 20.8 Å². The predicted octanol–water partition coefficient (Wildman–Crippen LogP) is 5.19. The number of hydrogen-bond acceptors (Lipinski definition) is 5. The standard InChI is InChI=1S/C21H29ClN2O3/c1-20(2,3)16-11-9-15(25-6)19(23-16)27-13-12-21(4,5)17-10-8-14(22)18(24-17)26-7/h8-11H,12-13H2,1-7H3. The van der Waals surface area contributed by atoms with Gasteiger partial charge in [-0.15, -0.1) is 0 Å². The molecule has 0 spiro atoms. The summed E-state index contributed by atoms with van der Waals surface area (Å²) in [6, 6.07) is 7.60. The van der Waals surface area contributed by atoms with Gasteiger partial charge < -0.3 is 14.2 Å². The van der Waals surface area contributed by atoms with Crippen LogP contribution in [-0.2, 0) is 10.8 Å². The van der Waals surface area contributed by atoms with E-state index in [1.807, 2.05) is 24.3 Å². The van der Waals surface area contributed by atoms with Gasteiger partial charge in [-0.25, -0.2) is 9.97 Å². The highest BCUT2D eigenvalue weighted by atomic mass is 35.5. The molecule has 6 heteroatoms. The summed E-state index contributed by atoms with van der Waals surface area (Å²) in [6.07, 6.45) is 0.745. The highest BCUT2D eigenvalue weighted by molar-refractivity contribution is 6.31. The summed E-state index contributed by atoms with van der Waals surface area (Å²) >= 11 is 6.08. The quantitative estimate of drug-likeness (QED) is 0.648. The topological polar surface area (TPSA) is 53.5 Å². The maximum atomic E-state index is 6.08. The molecule has 0 radical (unpaired) electrons. The zero-order chi connectivity index (χ0) is 20.2. The molecule has 0 aromatic carbocycles. The summed E-state index contributed by atoms with van der Waals surface area (Å²) in [6.45, 7) is 11.1. The SMILES string of the molecule is COc1ccc(C(C)(C)C)nc1OCCC(C)(C)c1ccc(Cl)c(OC)n1. The predicted molar refractivity (Wildman–Crippen MR) is 108 cm³/mol. The van der Waals surface area contributed by atoms with E-state index in [1.165, 1.54) is 0 Å². The number of rotatable bonds is 7. The van der Waals surface area contributed by atoms with Crippen LogP contribution in [0.25, 0.3) is 0 Å². The van der Waals surface area contributed by atoms with E-state index in [0.717, 1.165) is 17.8 Å². The number of ether oxygens (including phenoxy) is 3. The molecule has 148 valence electrons. The van der Waals surface area contributed by atoms with Crippen molar-refractivity contribution < 1.29 is 14.2 Å². The highest BCUT2D eigenvalue weighted by Gasteiger charge is 2.24. The molecule has 0 aliphatic carbocycles. The molecule has 0 unspecified atom stereocenters. The first-order valence-corrected chi connectivity index (χ1v) is 9.35. The summed E-state index contributed by atoms with van der Waals surface area (Å²) in [5.41, 5.74) is 1.58. The second-order valence-electron chi connectivity index (χ2n) is 8.12. The molecule has 0 saturated heterocycles. The Balaban J connectivity index is 2.13. The van der Waals surface area contributed by atoms with Crippen LogP contribution in [0.2, 0.25) is 5.02 Å². The Bertz CT molecular complexity index is 785. The third-order valence-electron chi connectivity index (χ3n) is 4.48. The van der Waals surface area contributed by atoms with Crippen molar-refractivity contribution in [1.29, 1.82) is 0 Å². The van der Waals surface area contributed by atoms with Crippen LogP contribution in [0.15, 0.2) is 24.3 Å². The van der Waals surface area contributed by atoms with Gasteiger partial charge in [0, 0.05) is 10.8 Å². The molecule has 2 heterocycles. The van der Waals surface area contributed by atoms with Gasteiger partial charge in [-0.3, -0.25) is 0 Å². The van der Waals surface area contributed by atoms with E-state index in [1.54, 1.807) is 14.2 Å². The van der Waals surface area contributed by atoms with Gasteiger partial charge in [0.1, 0.15) is 5.02 Å². The van der Waals surface area contributed by atoms with Crippen LogP contribution >= 0.6 is 11.6 Å². The fourth-order valence-corrected chi connectivity index (χ4v) is 2.76. The molecule has 0 aliphatic heterocycles. The van der Waals surface area contributed by atoms with Gasteiger partial charge in [0.15, 0.2) is 5.75 Å². The van der Waals surface area contributed by atoms with Gasteiger partial charge in [0.25, 0.3) is 5.88 Å². The summed E-state index contributed by atoms with van der Waals surface area (Å²) in [5, 5.41) is 0.501. The maximum absolute atomic E-state index is 6.08. The molecule has 2 aromatic rings. The number of halogens is 1. The Kier molecular flexibility index (Phi) is 6.58. The normalized spacial score (nSPS) is 12.0. The third kappa shape index (κ3) is 5.25. The Morgan fingerprint density at radius 1 is 0.852 bits per heavy atom. The average Bonchev–Trinajstić information content (AvgIpc) is 2.61. The van der Waals surface area contributed by atoms with E-state index in [9.17, 15) is 0 Å². The van der Waals surface area contributed by atoms with E-state index in [2.05, 4.69) is 44.6 Å². The molecule has 0 atom stereocenters. The van der Waals surface area contributed by atoms with E-state index >= 15 is 0 Å².